The van der Waals surface area contributed by atoms with Crippen LogP contribution in [0.3, 0.4) is 0 Å². The van der Waals surface area contributed by atoms with Crippen molar-refractivity contribution in [3.63, 3.8) is 0 Å². The number of likely N-dealkylation sites (tertiary alicyclic amines) is 1. The van der Waals surface area contributed by atoms with E-state index in [-0.39, 0.29) is 5.91 Å². The summed E-state index contributed by atoms with van der Waals surface area (Å²) in [6.45, 7) is 6.11. The fourth-order valence-corrected chi connectivity index (χ4v) is 5.22. The van der Waals surface area contributed by atoms with E-state index in [0.717, 1.165) is 39.0 Å². The smallest absolute Gasteiger partial charge is 0.263 e. The summed E-state index contributed by atoms with van der Waals surface area (Å²) in [6, 6.07) is 9.85. The van der Waals surface area contributed by atoms with E-state index in [9.17, 15) is 4.79 Å². The molecule has 2 atom stereocenters. The van der Waals surface area contributed by atoms with Crippen LogP contribution in [-0.4, -0.2) is 28.9 Å². The summed E-state index contributed by atoms with van der Waals surface area (Å²) >= 11 is 7.89. The summed E-state index contributed by atoms with van der Waals surface area (Å²) in [7, 11) is 0. The van der Waals surface area contributed by atoms with Crippen LogP contribution in [0.5, 0.6) is 0 Å². The number of pyridine rings is 1. The van der Waals surface area contributed by atoms with Gasteiger partial charge in [-0.2, -0.15) is 0 Å². The monoisotopic (exact) mass is 358 g/mol. The average molecular weight is 359 g/mol. The molecule has 0 spiro atoms. The van der Waals surface area contributed by atoms with Gasteiger partial charge in [-0.15, -0.1) is 11.3 Å². The Morgan fingerprint density at radius 2 is 1.92 bits per heavy atom. The van der Waals surface area contributed by atoms with Crippen molar-refractivity contribution >= 4 is 49.8 Å². The zero-order valence-corrected chi connectivity index (χ0v) is 15.3. The largest absolute Gasteiger partial charge is 0.337 e. The Bertz CT molecular complexity index is 926. The van der Waals surface area contributed by atoms with Gasteiger partial charge in [-0.25, -0.2) is 4.98 Å². The maximum absolute atomic E-state index is 13.0. The highest BCUT2D eigenvalue weighted by atomic mass is 35.5. The fraction of sp³-hybridized carbons (Fsp3) is 0.368. The molecule has 24 heavy (non-hydrogen) atoms. The second-order valence-corrected chi connectivity index (χ2v) is 8.34. The summed E-state index contributed by atoms with van der Waals surface area (Å²) < 4.78 is 1.05. The van der Waals surface area contributed by atoms with E-state index in [0.29, 0.717) is 17.0 Å². The lowest BCUT2D eigenvalue weighted by Gasteiger charge is -2.34. The first-order chi connectivity index (χ1) is 11.5. The molecular weight excluding hydrogens is 340 g/mol. The summed E-state index contributed by atoms with van der Waals surface area (Å²) in [6.07, 6.45) is 1.19. The number of halogens is 1. The second kappa shape index (κ2) is 6.01. The molecule has 1 amide bonds. The van der Waals surface area contributed by atoms with Gasteiger partial charge in [0.2, 0.25) is 0 Å². The predicted octanol–water partition coefficient (Wildman–Crippen LogP) is 5.22. The third-order valence-electron chi connectivity index (χ3n) is 4.69. The first kappa shape index (κ1) is 15.9. The van der Waals surface area contributed by atoms with Gasteiger partial charge in [0.25, 0.3) is 5.91 Å². The average Bonchev–Trinajstić information content (AvgIpc) is 2.99. The molecule has 2 aromatic heterocycles. The number of carbonyl (C=O) groups is 1. The minimum atomic E-state index is 0.120. The fourth-order valence-electron chi connectivity index (χ4n) is 3.76. The zero-order chi connectivity index (χ0) is 16.8. The van der Waals surface area contributed by atoms with Crippen LogP contribution in [0.15, 0.2) is 30.3 Å². The maximum atomic E-state index is 13.0. The van der Waals surface area contributed by atoms with Gasteiger partial charge >= 0.3 is 0 Å². The van der Waals surface area contributed by atoms with E-state index in [1.165, 1.54) is 17.8 Å². The third-order valence-corrected chi connectivity index (χ3v) is 6.13. The van der Waals surface area contributed by atoms with E-state index in [1.54, 1.807) is 0 Å². The molecule has 1 fully saturated rings. The first-order valence-electron chi connectivity index (χ1n) is 8.30. The summed E-state index contributed by atoms with van der Waals surface area (Å²) in [5.74, 6) is 1.23. The highest BCUT2D eigenvalue weighted by Gasteiger charge is 2.27. The molecule has 1 aromatic carbocycles. The van der Waals surface area contributed by atoms with Crippen LogP contribution in [0.1, 0.15) is 29.9 Å². The number of piperidine rings is 1. The molecule has 3 heterocycles. The second-order valence-electron chi connectivity index (χ2n) is 6.93. The quantitative estimate of drug-likeness (QED) is 0.558. The molecule has 3 nitrogen and oxygen atoms in total. The van der Waals surface area contributed by atoms with Crippen LogP contribution in [0.2, 0.25) is 5.15 Å². The van der Waals surface area contributed by atoms with Crippen molar-refractivity contribution < 1.29 is 4.79 Å². The van der Waals surface area contributed by atoms with Gasteiger partial charge < -0.3 is 4.90 Å². The lowest BCUT2D eigenvalue weighted by atomic mass is 9.92. The molecule has 0 N–H and O–H groups in total. The maximum Gasteiger partial charge on any atom is 0.263 e. The molecule has 5 heteroatoms. The van der Waals surface area contributed by atoms with E-state index in [4.69, 9.17) is 11.6 Å². The number of benzene rings is 1. The molecule has 4 rings (SSSR count). The highest BCUT2D eigenvalue weighted by Crippen LogP contribution is 2.36. The van der Waals surface area contributed by atoms with E-state index < -0.39 is 0 Å². The van der Waals surface area contributed by atoms with Crippen LogP contribution in [0.4, 0.5) is 0 Å². The Balaban J connectivity index is 1.79. The van der Waals surface area contributed by atoms with Crippen molar-refractivity contribution in [2.75, 3.05) is 13.1 Å². The van der Waals surface area contributed by atoms with Crippen LogP contribution in [0.25, 0.3) is 21.0 Å². The van der Waals surface area contributed by atoms with Gasteiger partial charge in [0.05, 0.1) is 10.4 Å². The van der Waals surface area contributed by atoms with E-state index in [2.05, 4.69) is 18.8 Å². The summed E-state index contributed by atoms with van der Waals surface area (Å²) in [5, 5.41) is 2.41. The van der Waals surface area contributed by atoms with Crippen LogP contribution in [0, 0.1) is 11.8 Å². The Kier molecular flexibility index (Phi) is 3.97. The molecule has 0 saturated carbocycles. The Morgan fingerprint density at radius 1 is 1.21 bits per heavy atom. The number of carbonyl (C=O) groups excluding carboxylic acids is 1. The number of fused-ring (bicyclic) bond motifs is 3. The van der Waals surface area contributed by atoms with Crippen molar-refractivity contribution in [3.05, 3.63) is 40.4 Å². The molecule has 0 radical (unpaired) electrons. The van der Waals surface area contributed by atoms with Gasteiger partial charge in [0.15, 0.2) is 0 Å². The lowest BCUT2D eigenvalue weighted by Crippen LogP contribution is -2.42. The lowest BCUT2D eigenvalue weighted by molar-refractivity contribution is 0.0628. The molecule has 2 unspecified atom stereocenters. The van der Waals surface area contributed by atoms with Crippen molar-refractivity contribution in [2.24, 2.45) is 11.8 Å². The van der Waals surface area contributed by atoms with E-state index in [1.807, 2.05) is 35.2 Å². The summed E-state index contributed by atoms with van der Waals surface area (Å²) in [5.41, 5.74) is 0.871. The topological polar surface area (TPSA) is 33.2 Å². The normalized spacial score (nSPS) is 21.5. The van der Waals surface area contributed by atoms with Crippen LogP contribution in [-0.2, 0) is 0 Å². The minimum Gasteiger partial charge on any atom is -0.337 e. The highest BCUT2D eigenvalue weighted by molar-refractivity contribution is 7.21. The Labute approximate surface area is 150 Å². The molecule has 1 aliphatic rings. The molecule has 0 bridgehead atoms. The Morgan fingerprint density at radius 3 is 2.67 bits per heavy atom. The van der Waals surface area contributed by atoms with Gasteiger partial charge in [0, 0.05) is 28.6 Å². The summed E-state index contributed by atoms with van der Waals surface area (Å²) in [4.78, 5) is 20.2. The predicted molar refractivity (Wildman–Crippen MR) is 101 cm³/mol. The van der Waals surface area contributed by atoms with Gasteiger partial charge in [0.1, 0.15) is 5.15 Å². The molecule has 124 valence electrons. The molecular formula is C19H19ClN2OS. The molecule has 3 aromatic rings. The molecule has 0 aliphatic carbocycles. The number of hydrogen-bond acceptors (Lipinski definition) is 3. The molecule has 1 aliphatic heterocycles. The number of thiophene rings is 1. The van der Waals surface area contributed by atoms with Crippen molar-refractivity contribution in [3.8, 4) is 0 Å². The number of hydrogen-bond donors (Lipinski definition) is 0. The number of nitrogens with zero attached hydrogens (tertiary/aromatic N) is 2. The number of aromatic nitrogens is 1. The number of rotatable bonds is 1. The van der Waals surface area contributed by atoms with Gasteiger partial charge in [-0.1, -0.05) is 43.6 Å². The van der Waals surface area contributed by atoms with Gasteiger partial charge in [-0.05, 0) is 30.4 Å². The van der Waals surface area contributed by atoms with Crippen LogP contribution < -0.4 is 0 Å². The number of amides is 1. The van der Waals surface area contributed by atoms with Crippen molar-refractivity contribution in [1.29, 1.82) is 0 Å². The number of para-hydroxylation sites is 1. The van der Waals surface area contributed by atoms with E-state index >= 15 is 0 Å². The van der Waals surface area contributed by atoms with Crippen LogP contribution >= 0.6 is 22.9 Å². The minimum absolute atomic E-state index is 0.120. The molecule has 1 saturated heterocycles. The van der Waals surface area contributed by atoms with Crippen molar-refractivity contribution in [1.82, 2.24) is 9.88 Å². The van der Waals surface area contributed by atoms with Crippen molar-refractivity contribution in [2.45, 2.75) is 20.3 Å². The zero-order valence-electron chi connectivity index (χ0n) is 13.8. The SMILES string of the molecule is CC1CC(C)CN(C(=O)c2cc3c(Cl)nc4ccccc4c3s2)C1. The standard InChI is InChI=1S/C19H19ClN2OS/c1-11-7-12(2)10-22(9-11)19(23)16-8-14-17(24-16)13-5-3-4-6-15(13)21-18(14)20/h3-6,8,11-12H,7,9-10H2,1-2H3. The third kappa shape index (κ3) is 2.68. The first-order valence-corrected chi connectivity index (χ1v) is 9.49. The Hall–Kier alpha value is -1.65. The van der Waals surface area contributed by atoms with Gasteiger partial charge in [-0.3, -0.25) is 4.79 Å².